The number of hydrogen-bond donors (Lipinski definition) is 1. The minimum atomic E-state index is -0.249. The predicted octanol–water partition coefficient (Wildman–Crippen LogP) is 4.52. The summed E-state index contributed by atoms with van der Waals surface area (Å²) in [6.45, 7) is 0. The monoisotopic (exact) mass is 442 g/mol. The lowest BCUT2D eigenvalue weighted by molar-refractivity contribution is -0.115. The summed E-state index contributed by atoms with van der Waals surface area (Å²) in [5, 5.41) is 8.85. The van der Waals surface area contributed by atoms with Crippen molar-refractivity contribution in [2.24, 2.45) is 7.05 Å². The van der Waals surface area contributed by atoms with E-state index >= 15 is 0 Å². The Hall–Kier alpha value is -4.04. The van der Waals surface area contributed by atoms with Crippen molar-refractivity contribution in [3.05, 3.63) is 88.8 Å². The van der Waals surface area contributed by atoms with Crippen LogP contribution in [0.4, 0.5) is 5.13 Å². The number of rotatable bonds is 5. The third-order valence-electron chi connectivity index (χ3n) is 4.95. The molecule has 0 saturated carbocycles. The van der Waals surface area contributed by atoms with Gasteiger partial charge in [0.1, 0.15) is 11.5 Å². The predicted molar refractivity (Wildman–Crippen MR) is 125 cm³/mol. The molecular weight excluding hydrogens is 424 g/mol. The van der Waals surface area contributed by atoms with E-state index in [2.05, 4.69) is 15.4 Å². The van der Waals surface area contributed by atoms with E-state index < -0.39 is 0 Å². The number of benzene rings is 3. The number of nitrogens with one attached hydrogen (secondary N) is 1. The van der Waals surface area contributed by atoms with Gasteiger partial charge in [-0.05, 0) is 30.3 Å². The molecule has 3 aromatic carbocycles. The Kier molecular flexibility index (Phi) is 5.12. The molecule has 5 aromatic rings. The summed E-state index contributed by atoms with van der Waals surface area (Å²) in [5.74, 6) is 1.20. The van der Waals surface area contributed by atoms with Crippen LogP contribution in [0.2, 0.25) is 0 Å². The first kappa shape index (κ1) is 19.9. The molecule has 2 aromatic heterocycles. The third-order valence-corrected chi connectivity index (χ3v) is 5.88. The molecule has 1 amide bonds. The quantitative estimate of drug-likeness (QED) is 0.433. The van der Waals surface area contributed by atoms with Gasteiger partial charge in [0.25, 0.3) is 5.56 Å². The molecule has 0 spiro atoms. The van der Waals surface area contributed by atoms with Crippen LogP contribution in [0.25, 0.3) is 21.0 Å². The van der Waals surface area contributed by atoms with Gasteiger partial charge >= 0.3 is 0 Å². The fraction of sp³-hybridized carbons (Fsp3) is 0.0833. The third kappa shape index (κ3) is 3.95. The Morgan fingerprint density at radius 2 is 1.75 bits per heavy atom. The van der Waals surface area contributed by atoms with Crippen LogP contribution in [0.3, 0.4) is 0 Å². The second-order valence-electron chi connectivity index (χ2n) is 7.21. The Labute approximate surface area is 186 Å². The van der Waals surface area contributed by atoms with Gasteiger partial charge in [-0.1, -0.05) is 47.7 Å². The van der Waals surface area contributed by atoms with Gasteiger partial charge in [0.2, 0.25) is 5.91 Å². The summed E-state index contributed by atoms with van der Waals surface area (Å²) in [6.07, 6.45) is 0.0346. The van der Waals surface area contributed by atoms with Crippen LogP contribution in [0.5, 0.6) is 11.5 Å². The highest BCUT2D eigenvalue weighted by molar-refractivity contribution is 7.22. The maximum absolute atomic E-state index is 12.7. The van der Waals surface area contributed by atoms with Crippen molar-refractivity contribution in [1.29, 1.82) is 0 Å². The van der Waals surface area contributed by atoms with Crippen LogP contribution in [0, 0.1) is 0 Å². The average molecular weight is 443 g/mol. The second-order valence-corrected chi connectivity index (χ2v) is 8.24. The van der Waals surface area contributed by atoms with Gasteiger partial charge in [-0.25, -0.2) is 9.67 Å². The summed E-state index contributed by atoms with van der Waals surface area (Å²) in [7, 11) is 1.58. The molecule has 1 N–H and O–H groups in total. The van der Waals surface area contributed by atoms with Crippen molar-refractivity contribution >= 4 is 43.4 Å². The first-order chi connectivity index (χ1) is 15.6. The Bertz CT molecular complexity index is 1510. The first-order valence-electron chi connectivity index (χ1n) is 9.95. The molecule has 0 aliphatic carbocycles. The van der Waals surface area contributed by atoms with Crippen molar-refractivity contribution in [3.8, 4) is 11.5 Å². The fourth-order valence-corrected chi connectivity index (χ4v) is 4.38. The van der Waals surface area contributed by atoms with Crippen LogP contribution >= 0.6 is 11.3 Å². The van der Waals surface area contributed by atoms with Crippen molar-refractivity contribution in [2.45, 2.75) is 6.42 Å². The molecule has 0 aliphatic heterocycles. The summed E-state index contributed by atoms with van der Waals surface area (Å²) < 4.78 is 8.04. The van der Waals surface area contributed by atoms with Crippen LogP contribution in [0.15, 0.2) is 77.6 Å². The van der Waals surface area contributed by atoms with Gasteiger partial charge in [0.15, 0.2) is 5.13 Å². The molecule has 2 heterocycles. The van der Waals surface area contributed by atoms with Gasteiger partial charge in [0.05, 0.1) is 27.7 Å². The van der Waals surface area contributed by atoms with Gasteiger partial charge < -0.3 is 10.1 Å². The van der Waals surface area contributed by atoms with E-state index in [4.69, 9.17) is 4.74 Å². The minimum Gasteiger partial charge on any atom is -0.457 e. The SMILES string of the molecule is Cn1nc(CC(=O)Nc2nc3ccc(Oc4ccccc4)cc3s2)c2ccccc2c1=O. The zero-order chi connectivity index (χ0) is 22.1. The Morgan fingerprint density at radius 3 is 2.56 bits per heavy atom. The van der Waals surface area contributed by atoms with E-state index in [9.17, 15) is 9.59 Å². The molecule has 8 heteroatoms. The number of thiazole rings is 1. The molecule has 0 saturated heterocycles. The number of ether oxygens (including phenoxy) is 1. The molecule has 0 aliphatic rings. The normalized spacial score (nSPS) is 11.0. The maximum Gasteiger partial charge on any atom is 0.274 e. The molecule has 32 heavy (non-hydrogen) atoms. The van der Waals surface area contributed by atoms with Gasteiger partial charge in [-0.15, -0.1) is 0 Å². The van der Waals surface area contributed by atoms with Crippen molar-refractivity contribution < 1.29 is 9.53 Å². The highest BCUT2D eigenvalue weighted by Crippen LogP contribution is 2.31. The second kappa shape index (κ2) is 8.24. The molecule has 0 unspecified atom stereocenters. The van der Waals surface area contributed by atoms with E-state index in [1.165, 1.54) is 16.0 Å². The Morgan fingerprint density at radius 1 is 1.00 bits per heavy atom. The van der Waals surface area contributed by atoms with Gasteiger partial charge in [0, 0.05) is 18.5 Å². The molecular formula is C24H18N4O3S. The number of nitrogens with zero attached hydrogens (tertiary/aromatic N) is 3. The van der Waals surface area contributed by atoms with E-state index in [1.807, 2.05) is 54.6 Å². The standard InChI is InChI=1S/C24H18N4O3S/c1-28-23(30)18-10-6-5-9-17(18)20(27-28)14-22(29)26-24-25-19-12-11-16(13-21(19)32-24)31-15-7-3-2-4-8-15/h2-13H,14H2,1H3,(H,25,26,29). The number of hydrogen-bond acceptors (Lipinski definition) is 6. The number of amides is 1. The maximum atomic E-state index is 12.7. The van der Waals surface area contributed by atoms with Crippen LogP contribution in [-0.2, 0) is 18.3 Å². The molecule has 0 fully saturated rings. The number of fused-ring (bicyclic) bond motifs is 2. The highest BCUT2D eigenvalue weighted by atomic mass is 32.1. The summed E-state index contributed by atoms with van der Waals surface area (Å²) in [5.41, 5.74) is 1.13. The van der Waals surface area contributed by atoms with E-state index in [1.54, 1.807) is 25.2 Å². The molecule has 0 radical (unpaired) electrons. The van der Waals surface area contributed by atoms with Gasteiger partial charge in [-0.2, -0.15) is 5.10 Å². The lowest BCUT2D eigenvalue weighted by Crippen LogP contribution is -2.24. The number of anilines is 1. The lowest BCUT2D eigenvalue weighted by Gasteiger charge is -2.07. The van der Waals surface area contributed by atoms with Gasteiger partial charge in [-0.3, -0.25) is 9.59 Å². The molecule has 0 bridgehead atoms. The Balaban J connectivity index is 1.36. The number of aryl methyl sites for hydroxylation is 1. The molecule has 7 nitrogen and oxygen atoms in total. The van der Waals surface area contributed by atoms with Crippen LogP contribution in [0.1, 0.15) is 5.69 Å². The smallest absolute Gasteiger partial charge is 0.274 e. The van der Waals surface area contributed by atoms with Crippen molar-refractivity contribution in [2.75, 3.05) is 5.32 Å². The number of carbonyl (C=O) groups excluding carboxylic acids is 1. The van der Waals surface area contributed by atoms with Crippen LogP contribution in [-0.4, -0.2) is 20.7 Å². The zero-order valence-corrected chi connectivity index (χ0v) is 17.9. The summed E-state index contributed by atoms with van der Waals surface area (Å²) in [4.78, 5) is 29.5. The first-order valence-corrected chi connectivity index (χ1v) is 10.8. The van der Waals surface area contributed by atoms with Crippen molar-refractivity contribution in [1.82, 2.24) is 14.8 Å². The fourth-order valence-electron chi connectivity index (χ4n) is 3.47. The van der Waals surface area contributed by atoms with Crippen molar-refractivity contribution in [3.63, 3.8) is 0 Å². The molecule has 5 rings (SSSR count). The zero-order valence-electron chi connectivity index (χ0n) is 17.1. The number of para-hydroxylation sites is 1. The van der Waals surface area contributed by atoms with E-state index in [0.717, 1.165) is 16.0 Å². The highest BCUT2D eigenvalue weighted by Gasteiger charge is 2.14. The summed E-state index contributed by atoms with van der Waals surface area (Å²) in [6, 6.07) is 22.3. The number of aromatic nitrogens is 3. The topological polar surface area (TPSA) is 86.1 Å². The average Bonchev–Trinajstić information content (AvgIpc) is 3.19. The minimum absolute atomic E-state index is 0.0346. The van der Waals surface area contributed by atoms with Crippen LogP contribution < -0.4 is 15.6 Å². The van der Waals surface area contributed by atoms with E-state index in [-0.39, 0.29) is 17.9 Å². The molecule has 158 valence electrons. The summed E-state index contributed by atoms with van der Waals surface area (Å²) >= 11 is 1.37. The molecule has 0 atom stereocenters. The largest absolute Gasteiger partial charge is 0.457 e. The lowest BCUT2D eigenvalue weighted by atomic mass is 10.1. The van der Waals surface area contributed by atoms with E-state index in [0.29, 0.717) is 27.3 Å². The number of carbonyl (C=O) groups is 1.